The minimum atomic E-state index is -0.543. The quantitative estimate of drug-likeness (QED) is 0.870. The van der Waals surface area contributed by atoms with Crippen molar-refractivity contribution in [2.24, 2.45) is 0 Å². The molecule has 2 amide bonds. The van der Waals surface area contributed by atoms with Gasteiger partial charge in [-0.15, -0.1) is 0 Å². The number of hydrogen-bond donors (Lipinski definition) is 2. The summed E-state index contributed by atoms with van der Waals surface area (Å²) < 4.78 is 19.1. The van der Waals surface area contributed by atoms with Crippen LogP contribution in [0.15, 0.2) is 24.3 Å². The lowest BCUT2D eigenvalue weighted by molar-refractivity contribution is -0.137. The van der Waals surface area contributed by atoms with E-state index in [0.29, 0.717) is 6.54 Å². The van der Waals surface area contributed by atoms with Crippen LogP contribution in [-0.2, 0) is 4.74 Å². The van der Waals surface area contributed by atoms with Gasteiger partial charge in [-0.1, -0.05) is 12.1 Å². The standard InChI is InChI=1S/C14H19FN2O3/c1-14(2)9-17(7-10(8-18)20-14)13(19)16-12-6-4-3-5-11(12)15/h3-6,10,18H,7-9H2,1-2H3,(H,16,19). The molecule has 6 heteroatoms. The van der Waals surface area contributed by atoms with E-state index in [0.717, 1.165) is 0 Å². The summed E-state index contributed by atoms with van der Waals surface area (Å²) in [5.41, 5.74) is -0.402. The van der Waals surface area contributed by atoms with Crippen LogP contribution in [0.25, 0.3) is 0 Å². The molecular formula is C14H19FN2O3. The number of nitrogens with zero attached hydrogens (tertiary/aromatic N) is 1. The summed E-state index contributed by atoms with van der Waals surface area (Å²) in [4.78, 5) is 13.7. The Morgan fingerprint density at radius 1 is 1.55 bits per heavy atom. The van der Waals surface area contributed by atoms with Crippen LogP contribution in [0.2, 0.25) is 0 Å². The van der Waals surface area contributed by atoms with E-state index in [-0.39, 0.29) is 18.8 Å². The van der Waals surface area contributed by atoms with E-state index in [1.807, 2.05) is 13.8 Å². The Labute approximate surface area is 117 Å². The third kappa shape index (κ3) is 3.46. The molecule has 0 radical (unpaired) electrons. The number of nitrogens with one attached hydrogen (secondary N) is 1. The molecule has 1 aliphatic heterocycles. The second kappa shape index (κ2) is 5.76. The number of benzene rings is 1. The zero-order valence-corrected chi connectivity index (χ0v) is 11.6. The molecule has 1 unspecified atom stereocenters. The third-order valence-corrected chi connectivity index (χ3v) is 3.09. The molecule has 0 aromatic heterocycles. The highest BCUT2D eigenvalue weighted by Crippen LogP contribution is 2.22. The summed E-state index contributed by atoms with van der Waals surface area (Å²) >= 11 is 0. The molecule has 1 heterocycles. The van der Waals surface area contributed by atoms with Crippen molar-refractivity contribution in [1.82, 2.24) is 4.90 Å². The summed E-state index contributed by atoms with van der Waals surface area (Å²) in [5, 5.41) is 11.8. The van der Waals surface area contributed by atoms with Crippen molar-refractivity contribution in [3.05, 3.63) is 30.1 Å². The van der Waals surface area contributed by atoms with Gasteiger partial charge in [-0.25, -0.2) is 9.18 Å². The maximum Gasteiger partial charge on any atom is 0.322 e. The fourth-order valence-corrected chi connectivity index (χ4v) is 2.30. The van der Waals surface area contributed by atoms with Crippen LogP contribution >= 0.6 is 0 Å². The van der Waals surface area contributed by atoms with E-state index in [4.69, 9.17) is 4.74 Å². The van der Waals surface area contributed by atoms with E-state index >= 15 is 0 Å². The van der Waals surface area contributed by atoms with E-state index < -0.39 is 23.6 Å². The van der Waals surface area contributed by atoms with Gasteiger partial charge >= 0.3 is 6.03 Å². The number of carbonyl (C=O) groups is 1. The van der Waals surface area contributed by atoms with Crippen molar-refractivity contribution in [3.8, 4) is 0 Å². The van der Waals surface area contributed by atoms with Gasteiger partial charge < -0.3 is 20.1 Å². The van der Waals surface area contributed by atoms with Crippen LogP contribution in [0, 0.1) is 5.82 Å². The molecule has 110 valence electrons. The lowest BCUT2D eigenvalue weighted by atomic mass is 10.1. The molecule has 1 atom stereocenters. The molecular weight excluding hydrogens is 263 g/mol. The summed E-state index contributed by atoms with van der Waals surface area (Å²) in [6, 6.07) is 5.60. The highest BCUT2D eigenvalue weighted by atomic mass is 19.1. The van der Waals surface area contributed by atoms with Gasteiger partial charge in [0, 0.05) is 0 Å². The van der Waals surface area contributed by atoms with Crippen molar-refractivity contribution in [3.63, 3.8) is 0 Å². The molecule has 0 aliphatic carbocycles. The number of morpholine rings is 1. The summed E-state index contributed by atoms with van der Waals surface area (Å²) in [5.74, 6) is -0.480. The number of para-hydroxylation sites is 1. The van der Waals surface area contributed by atoms with E-state index in [1.165, 1.54) is 17.0 Å². The van der Waals surface area contributed by atoms with Crippen LogP contribution in [-0.4, -0.2) is 47.4 Å². The van der Waals surface area contributed by atoms with E-state index in [1.54, 1.807) is 12.1 Å². The minimum Gasteiger partial charge on any atom is -0.394 e. The van der Waals surface area contributed by atoms with Gasteiger partial charge in [-0.3, -0.25) is 0 Å². The Kier molecular flexibility index (Phi) is 4.25. The fraction of sp³-hybridized carbons (Fsp3) is 0.500. The van der Waals surface area contributed by atoms with Gasteiger partial charge in [0.2, 0.25) is 0 Å². The third-order valence-electron chi connectivity index (χ3n) is 3.09. The number of aliphatic hydroxyl groups is 1. The Bertz CT molecular complexity index is 493. The average molecular weight is 282 g/mol. The number of rotatable bonds is 2. The number of aliphatic hydroxyl groups excluding tert-OH is 1. The highest BCUT2D eigenvalue weighted by Gasteiger charge is 2.35. The Balaban J connectivity index is 2.07. The van der Waals surface area contributed by atoms with Crippen LogP contribution in [0.4, 0.5) is 14.9 Å². The van der Waals surface area contributed by atoms with Gasteiger partial charge in [0.15, 0.2) is 0 Å². The molecule has 5 nitrogen and oxygen atoms in total. The molecule has 2 N–H and O–H groups in total. The first-order chi connectivity index (χ1) is 9.41. The molecule has 20 heavy (non-hydrogen) atoms. The second-order valence-corrected chi connectivity index (χ2v) is 5.47. The maximum atomic E-state index is 13.5. The van der Waals surface area contributed by atoms with Crippen LogP contribution in [0.5, 0.6) is 0 Å². The van der Waals surface area contributed by atoms with Gasteiger partial charge in [0.1, 0.15) is 5.82 Å². The molecule has 1 fully saturated rings. The van der Waals surface area contributed by atoms with Crippen LogP contribution in [0.3, 0.4) is 0 Å². The number of urea groups is 1. The van der Waals surface area contributed by atoms with Crippen LogP contribution in [0.1, 0.15) is 13.8 Å². The molecule has 1 aliphatic rings. The number of anilines is 1. The number of hydrogen-bond acceptors (Lipinski definition) is 3. The average Bonchev–Trinajstić information content (AvgIpc) is 2.39. The van der Waals surface area contributed by atoms with Gasteiger partial charge in [0.25, 0.3) is 0 Å². The lowest BCUT2D eigenvalue weighted by Crippen LogP contribution is -2.56. The normalized spacial score (nSPS) is 21.6. The van der Waals surface area contributed by atoms with Gasteiger partial charge in [-0.2, -0.15) is 0 Å². The SMILES string of the molecule is CC1(C)CN(C(=O)Nc2ccccc2F)CC(CO)O1. The summed E-state index contributed by atoms with van der Waals surface area (Å²) in [6.45, 7) is 4.19. The zero-order chi connectivity index (χ0) is 14.8. The molecule has 0 bridgehead atoms. The second-order valence-electron chi connectivity index (χ2n) is 5.47. The van der Waals surface area contributed by atoms with Crippen molar-refractivity contribution in [2.45, 2.75) is 25.6 Å². The van der Waals surface area contributed by atoms with E-state index in [9.17, 15) is 14.3 Å². The monoisotopic (exact) mass is 282 g/mol. The van der Waals surface area contributed by atoms with Gasteiger partial charge in [-0.05, 0) is 26.0 Å². The van der Waals surface area contributed by atoms with E-state index in [2.05, 4.69) is 5.32 Å². The first-order valence-corrected chi connectivity index (χ1v) is 6.50. The number of halogens is 1. The number of amides is 2. The first-order valence-electron chi connectivity index (χ1n) is 6.50. The summed E-state index contributed by atoms with van der Waals surface area (Å²) in [6.07, 6.45) is -0.426. The number of carbonyl (C=O) groups excluding carboxylic acids is 1. The Morgan fingerprint density at radius 2 is 2.25 bits per heavy atom. The molecule has 1 aromatic carbocycles. The maximum absolute atomic E-state index is 13.5. The minimum absolute atomic E-state index is 0.141. The molecule has 1 aromatic rings. The predicted octanol–water partition coefficient (Wildman–Crippen LogP) is 1.83. The topological polar surface area (TPSA) is 61.8 Å². The highest BCUT2D eigenvalue weighted by molar-refractivity contribution is 5.89. The molecule has 0 spiro atoms. The number of ether oxygens (including phenoxy) is 1. The Hall–Kier alpha value is -1.66. The van der Waals surface area contributed by atoms with Crippen molar-refractivity contribution >= 4 is 11.7 Å². The van der Waals surface area contributed by atoms with Gasteiger partial charge in [0.05, 0.1) is 37.1 Å². The van der Waals surface area contributed by atoms with Crippen molar-refractivity contribution < 1.29 is 19.0 Å². The summed E-state index contributed by atoms with van der Waals surface area (Å²) in [7, 11) is 0. The predicted molar refractivity (Wildman–Crippen MR) is 73.0 cm³/mol. The molecule has 2 rings (SSSR count). The van der Waals surface area contributed by atoms with Crippen molar-refractivity contribution in [2.75, 3.05) is 25.0 Å². The Morgan fingerprint density at radius 3 is 2.90 bits per heavy atom. The molecule has 1 saturated heterocycles. The van der Waals surface area contributed by atoms with Crippen LogP contribution < -0.4 is 5.32 Å². The fourth-order valence-electron chi connectivity index (χ4n) is 2.30. The lowest BCUT2D eigenvalue weighted by Gasteiger charge is -2.42. The van der Waals surface area contributed by atoms with Crippen molar-refractivity contribution in [1.29, 1.82) is 0 Å². The first kappa shape index (κ1) is 14.7. The largest absolute Gasteiger partial charge is 0.394 e. The zero-order valence-electron chi connectivity index (χ0n) is 11.6. The molecule has 0 saturated carbocycles. The smallest absolute Gasteiger partial charge is 0.322 e.